The van der Waals surface area contributed by atoms with Crippen molar-refractivity contribution in [2.45, 2.75) is 53.4 Å². The van der Waals surface area contributed by atoms with E-state index in [1.807, 2.05) is 0 Å². The maximum atomic E-state index is 15.0. The molecule has 0 aliphatic rings. The predicted molar refractivity (Wildman–Crippen MR) is 108 cm³/mol. The molecule has 0 aliphatic heterocycles. The molecule has 0 aliphatic carbocycles. The monoisotopic (exact) mass is 454 g/mol. The van der Waals surface area contributed by atoms with Gasteiger partial charge in [0.05, 0.1) is 11.7 Å². The van der Waals surface area contributed by atoms with Crippen molar-refractivity contribution in [3.8, 4) is 11.7 Å². The Hall–Kier alpha value is -3.08. The van der Waals surface area contributed by atoms with E-state index in [1.54, 1.807) is 27.7 Å². The lowest BCUT2D eigenvalue weighted by Crippen LogP contribution is -2.26. The summed E-state index contributed by atoms with van der Waals surface area (Å²) >= 11 is 6.00. The van der Waals surface area contributed by atoms with Gasteiger partial charge in [-0.2, -0.15) is 14.8 Å². The predicted octanol–water partition coefficient (Wildman–Crippen LogP) is 2.96. The molecule has 3 aromatic heterocycles. The van der Waals surface area contributed by atoms with Crippen molar-refractivity contribution < 1.29 is 18.3 Å². The molecule has 9 nitrogen and oxygen atoms in total. The number of halogens is 3. The molecule has 0 spiro atoms. The minimum absolute atomic E-state index is 0.125. The number of carbonyl (C=O) groups is 1. The molecular weight excluding hydrogens is 434 g/mol. The molecule has 3 rings (SSSR count). The number of nitrogens with zero attached hydrogens (tertiary/aromatic N) is 5. The minimum Gasteiger partial charge on any atom is -0.474 e. The second kappa shape index (κ2) is 8.96. The first-order valence-electron chi connectivity index (χ1n) is 9.52. The van der Waals surface area contributed by atoms with Gasteiger partial charge in [-0.05, 0) is 33.8 Å². The lowest BCUT2D eigenvalue weighted by molar-refractivity contribution is 0.0985. The highest BCUT2D eigenvalue weighted by Gasteiger charge is 2.25. The summed E-state index contributed by atoms with van der Waals surface area (Å²) in [4.78, 5) is 29.5. The second-order valence-electron chi connectivity index (χ2n) is 7.02. The normalized spacial score (nSPS) is 11.4. The molecule has 0 unspecified atom stereocenters. The van der Waals surface area contributed by atoms with Crippen molar-refractivity contribution in [3.63, 3.8) is 0 Å². The van der Waals surface area contributed by atoms with E-state index < -0.39 is 35.9 Å². The number of carbonyl (C=O) groups excluding carboxylic acids is 1. The molecule has 3 aromatic rings. The van der Waals surface area contributed by atoms with Crippen LogP contribution in [-0.2, 0) is 19.6 Å². The number of aryl methyl sites for hydroxylation is 1. The van der Waals surface area contributed by atoms with Crippen molar-refractivity contribution in [2.75, 3.05) is 0 Å². The number of ketones is 1. The van der Waals surface area contributed by atoms with E-state index in [1.165, 1.54) is 0 Å². The highest BCUT2D eigenvalue weighted by molar-refractivity contribution is 6.30. The van der Waals surface area contributed by atoms with Crippen LogP contribution in [0.5, 0.6) is 5.88 Å². The van der Waals surface area contributed by atoms with Crippen molar-refractivity contribution in [1.29, 1.82) is 0 Å². The zero-order valence-corrected chi connectivity index (χ0v) is 18.1. The van der Waals surface area contributed by atoms with Crippen molar-refractivity contribution in [3.05, 3.63) is 50.2 Å². The first kappa shape index (κ1) is 22.6. The van der Waals surface area contributed by atoms with Gasteiger partial charge >= 0.3 is 5.69 Å². The van der Waals surface area contributed by atoms with Crippen LogP contribution in [0.15, 0.2) is 10.9 Å². The Kier molecular flexibility index (Phi) is 6.54. The summed E-state index contributed by atoms with van der Waals surface area (Å²) < 4.78 is 35.5. The van der Waals surface area contributed by atoms with Gasteiger partial charge in [0, 0.05) is 24.2 Å². The average Bonchev–Trinajstić information content (AvgIpc) is 3.21. The molecule has 0 aromatic carbocycles. The number of alkyl halides is 1. The quantitative estimate of drug-likeness (QED) is 0.524. The number of ether oxygens (including phenoxy) is 1. The fourth-order valence-electron chi connectivity index (χ4n) is 3.00. The fraction of sp³-hybridized carbons (Fsp3) is 0.421. The molecule has 0 radical (unpaired) electrons. The number of rotatable bonds is 8. The van der Waals surface area contributed by atoms with Crippen LogP contribution in [0.2, 0.25) is 5.15 Å². The SMILES string of the molecule is CCn1c(CF)nn(-c2nc(OC(C)C)c(C(=O)Cc3c(Cl)n[nH]c3C)cc2F)c1=O. The Labute approximate surface area is 181 Å². The fourth-order valence-corrected chi connectivity index (χ4v) is 3.25. The Balaban J connectivity index is 2.11. The molecule has 0 saturated carbocycles. The van der Waals surface area contributed by atoms with Gasteiger partial charge in [0.25, 0.3) is 0 Å². The summed E-state index contributed by atoms with van der Waals surface area (Å²) in [6.07, 6.45) is -0.560. The van der Waals surface area contributed by atoms with E-state index >= 15 is 0 Å². The number of Topliss-reactive ketones (excluding diaryl/α,β-unsaturated/α-hetero) is 1. The third-order valence-electron chi connectivity index (χ3n) is 4.51. The summed E-state index contributed by atoms with van der Waals surface area (Å²) in [6.45, 7) is 5.89. The van der Waals surface area contributed by atoms with Crippen LogP contribution < -0.4 is 10.4 Å². The largest absolute Gasteiger partial charge is 0.474 e. The lowest BCUT2D eigenvalue weighted by atomic mass is 10.0. The molecule has 0 fully saturated rings. The van der Waals surface area contributed by atoms with Crippen molar-refractivity contribution >= 4 is 17.4 Å². The Morgan fingerprint density at radius 1 is 1.39 bits per heavy atom. The van der Waals surface area contributed by atoms with Crippen LogP contribution in [0.25, 0.3) is 5.82 Å². The number of hydrogen-bond donors (Lipinski definition) is 1. The van der Waals surface area contributed by atoms with E-state index in [0.29, 0.717) is 15.9 Å². The second-order valence-corrected chi connectivity index (χ2v) is 7.38. The molecule has 3 heterocycles. The Morgan fingerprint density at radius 3 is 2.61 bits per heavy atom. The lowest BCUT2D eigenvalue weighted by Gasteiger charge is -2.14. The van der Waals surface area contributed by atoms with Gasteiger partial charge in [0.1, 0.15) is 6.67 Å². The molecule has 0 atom stereocenters. The molecule has 0 saturated heterocycles. The van der Waals surface area contributed by atoms with Gasteiger partial charge in [0.2, 0.25) is 5.88 Å². The van der Waals surface area contributed by atoms with Gasteiger partial charge in [-0.25, -0.2) is 13.6 Å². The van der Waals surface area contributed by atoms with Gasteiger partial charge in [0.15, 0.2) is 28.4 Å². The van der Waals surface area contributed by atoms with Crippen molar-refractivity contribution in [2.24, 2.45) is 0 Å². The van der Waals surface area contributed by atoms with Crippen LogP contribution in [0, 0.1) is 12.7 Å². The van der Waals surface area contributed by atoms with Gasteiger partial charge in [-0.15, -0.1) is 5.10 Å². The molecule has 1 N–H and O–H groups in total. The highest BCUT2D eigenvalue weighted by Crippen LogP contribution is 2.26. The van der Waals surface area contributed by atoms with Gasteiger partial charge in [-0.3, -0.25) is 14.5 Å². The Morgan fingerprint density at radius 2 is 2.10 bits per heavy atom. The first-order valence-corrected chi connectivity index (χ1v) is 9.90. The number of pyridine rings is 1. The Bertz CT molecular complexity index is 1160. The summed E-state index contributed by atoms with van der Waals surface area (Å²) in [5, 5.41) is 10.5. The van der Waals surface area contributed by atoms with Crippen LogP contribution in [0.1, 0.15) is 48.2 Å². The summed E-state index contributed by atoms with van der Waals surface area (Å²) in [5.74, 6) is -2.31. The van der Waals surface area contributed by atoms with Crippen LogP contribution in [0.3, 0.4) is 0 Å². The van der Waals surface area contributed by atoms with Crippen LogP contribution in [-0.4, -0.2) is 41.4 Å². The molecule has 31 heavy (non-hydrogen) atoms. The number of H-pyrrole nitrogens is 1. The van der Waals surface area contributed by atoms with E-state index in [9.17, 15) is 18.4 Å². The molecule has 166 valence electrons. The third kappa shape index (κ3) is 4.36. The zero-order chi connectivity index (χ0) is 22.9. The standard InChI is InChI=1S/C19H21ClF2N6O3/c1-5-27-15(8-21)26-28(19(27)30)17-13(22)6-12(18(23-17)31-9(2)3)14(29)7-11-10(4)24-25-16(11)20/h6,9H,5,7-8H2,1-4H3,(H,24,25). The van der Waals surface area contributed by atoms with Crippen LogP contribution in [0.4, 0.5) is 8.78 Å². The first-order chi connectivity index (χ1) is 14.7. The molecular formula is C19H21ClF2N6O3. The smallest absolute Gasteiger partial charge is 0.352 e. The summed E-state index contributed by atoms with van der Waals surface area (Å²) in [6, 6.07) is 0.929. The third-order valence-corrected chi connectivity index (χ3v) is 4.82. The van der Waals surface area contributed by atoms with E-state index in [2.05, 4.69) is 20.3 Å². The minimum atomic E-state index is -1.01. The molecule has 0 bridgehead atoms. The number of hydrogen-bond acceptors (Lipinski definition) is 6. The van der Waals surface area contributed by atoms with Crippen molar-refractivity contribution in [1.82, 2.24) is 29.5 Å². The zero-order valence-electron chi connectivity index (χ0n) is 17.4. The van der Waals surface area contributed by atoms with E-state index in [0.717, 1.165) is 10.6 Å². The topological polar surface area (TPSA) is 108 Å². The highest BCUT2D eigenvalue weighted by atomic mass is 35.5. The number of aromatic nitrogens is 6. The number of aromatic amines is 1. The maximum Gasteiger partial charge on any atom is 0.352 e. The van der Waals surface area contributed by atoms with E-state index in [-0.39, 0.29) is 35.4 Å². The van der Waals surface area contributed by atoms with E-state index in [4.69, 9.17) is 16.3 Å². The maximum absolute atomic E-state index is 15.0. The van der Waals surface area contributed by atoms with Crippen LogP contribution >= 0.6 is 11.6 Å². The number of nitrogens with one attached hydrogen (secondary N) is 1. The average molecular weight is 455 g/mol. The molecule has 12 heteroatoms. The summed E-state index contributed by atoms with van der Waals surface area (Å²) in [5.41, 5.74) is 0.194. The summed E-state index contributed by atoms with van der Waals surface area (Å²) in [7, 11) is 0. The van der Waals surface area contributed by atoms with Gasteiger partial charge < -0.3 is 4.74 Å². The molecule has 0 amide bonds. The van der Waals surface area contributed by atoms with Gasteiger partial charge in [-0.1, -0.05) is 11.6 Å².